The molecule has 0 spiro atoms. The number of nitrogens with two attached hydrogens (primary N) is 1. The molecule has 0 amide bonds. The van der Waals surface area contributed by atoms with Crippen LogP contribution in [0.4, 0.5) is 11.8 Å². The predicted molar refractivity (Wildman–Crippen MR) is 96.2 cm³/mol. The first kappa shape index (κ1) is 16.4. The summed E-state index contributed by atoms with van der Waals surface area (Å²) >= 11 is 5.98. The number of anilines is 2. The van der Waals surface area contributed by atoms with Gasteiger partial charge in [-0.3, -0.25) is 0 Å². The summed E-state index contributed by atoms with van der Waals surface area (Å²) < 4.78 is 1.93. The zero-order valence-electron chi connectivity index (χ0n) is 13.8. The molecule has 0 aliphatic carbocycles. The lowest BCUT2D eigenvalue weighted by atomic mass is 10.2. The van der Waals surface area contributed by atoms with E-state index in [2.05, 4.69) is 32.2 Å². The Kier molecular flexibility index (Phi) is 4.80. The van der Waals surface area contributed by atoms with Crippen LogP contribution >= 0.6 is 11.6 Å². The summed E-state index contributed by atoms with van der Waals surface area (Å²) in [7, 11) is 0. The molecule has 3 aromatic rings. The number of aromatic nitrogens is 5. The number of aryl methyl sites for hydroxylation is 1. The number of pyridine rings is 1. The lowest BCUT2D eigenvalue weighted by Crippen LogP contribution is -2.08. The fraction of sp³-hybridized carbons (Fsp3) is 0.375. The van der Waals surface area contributed by atoms with E-state index in [0.717, 1.165) is 30.5 Å². The van der Waals surface area contributed by atoms with Gasteiger partial charge in [0.25, 0.3) is 0 Å². The number of halogens is 1. The lowest BCUT2D eigenvalue weighted by molar-refractivity contribution is 0.804. The third-order valence-electron chi connectivity index (χ3n) is 3.73. The van der Waals surface area contributed by atoms with Crippen molar-refractivity contribution in [2.24, 2.45) is 0 Å². The van der Waals surface area contributed by atoms with Gasteiger partial charge in [-0.2, -0.15) is 9.97 Å². The van der Waals surface area contributed by atoms with E-state index >= 15 is 0 Å². The van der Waals surface area contributed by atoms with Crippen LogP contribution in [-0.2, 0) is 6.54 Å². The summed E-state index contributed by atoms with van der Waals surface area (Å²) in [5.41, 5.74) is 9.29. The van der Waals surface area contributed by atoms with Crippen molar-refractivity contribution in [1.82, 2.24) is 24.5 Å². The molecule has 0 aromatic carbocycles. The highest BCUT2D eigenvalue weighted by molar-refractivity contribution is 6.30. The monoisotopic (exact) mass is 345 g/mol. The number of imidazole rings is 1. The van der Waals surface area contributed by atoms with Gasteiger partial charge in [-0.25, -0.2) is 9.97 Å². The van der Waals surface area contributed by atoms with Crippen LogP contribution in [0.3, 0.4) is 0 Å². The molecule has 0 unspecified atom stereocenters. The van der Waals surface area contributed by atoms with Crippen molar-refractivity contribution in [3.8, 4) is 0 Å². The number of nitrogens with zero attached hydrogens (tertiary/aromatic N) is 5. The van der Waals surface area contributed by atoms with Crippen molar-refractivity contribution in [2.75, 3.05) is 17.6 Å². The van der Waals surface area contributed by atoms with E-state index in [-0.39, 0.29) is 0 Å². The summed E-state index contributed by atoms with van der Waals surface area (Å²) in [6.07, 6.45) is 5.63. The van der Waals surface area contributed by atoms with Crippen LogP contribution in [0.25, 0.3) is 11.2 Å². The number of nitrogens with one attached hydrogen (secondary N) is 1. The fourth-order valence-electron chi connectivity index (χ4n) is 2.44. The normalized spacial score (nSPS) is 11.1. The smallest absolute Gasteiger partial charge is 0.226 e. The van der Waals surface area contributed by atoms with E-state index in [1.807, 2.05) is 17.6 Å². The van der Waals surface area contributed by atoms with Crippen molar-refractivity contribution in [2.45, 2.75) is 33.2 Å². The van der Waals surface area contributed by atoms with E-state index in [9.17, 15) is 0 Å². The van der Waals surface area contributed by atoms with Gasteiger partial charge in [-0.15, -0.1) is 0 Å². The van der Waals surface area contributed by atoms with E-state index in [0.29, 0.717) is 34.6 Å². The zero-order valence-corrected chi connectivity index (χ0v) is 14.5. The van der Waals surface area contributed by atoms with Crippen molar-refractivity contribution >= 4 is 34.5 Å². The third-order valence-corrected chi connectivity index (χ3v) is 4.12. The van der Waals surface area contributed by atoms with Gasteiger partial charge in [0.05, 0.1) is 12.9 Å². The number of nitrogen functional groups attached to an aromatic ring is 1. The largest absolute Gasteiger partial charge is 0.382 e. The number of rotatable bonds is 6. The van der Waals surface area contributed by atoms with Crippen molar-refractivity contribution < 1.29 is 0 Å². The minimum atomic E-state index is 0.378. The second-order valence-corrected chi connectivity index (χ2v) is 6.07. The van der Waals surface area contributed by atoms with E-state index in [1.54, 1.807) is 12.5 Å². The highest BCUT2D eigenvalue weighted by atomic mass is 35.5. The Hall–Kier alpha value is -2.41. The Morgan fingerprint density at radius 2 is 2.12 bits per heavy atom. The van der Waals surface area contributed by atoms with Gasteiger partial charge in [0.2, 0.25) is 5.95 Å². The number of fused-ring (bicyclic) bond motifs is 1. The van der Waals surface area contributed by atoms with Crippen LogP contribution in [0, 0.1) is 6.92 Å². The minimum Gasteiger partial charge on any atom is -0.382 e. The summed E-state index contributed by atoms with van der Waals surface area (Å²) in [6.45, 7) is 5.47. The molecule has 0 fully saturated rings. The Balaban J connectivity index is 1.91. The maximum Gasteiger partial charge on any atom is 0.226 e. The van der Waals surface area contributed by atoms with Crippen LogP contribution in [0.1, 0.15) is 30.9 Å². The second-order valence-electron chi connectivity index (χ2n) is 5.71. The molecule has 3 aromatic heterocycles. The van der Waals surface area contributed by atoms with E-state index < -0.39 is 0 Å². The van der Waals surface area contributed by atoms with E-state index in [1.165, 1.54) is 0 Å². The molecular formula is C16H20ClN7. The molecule has 24 heavy (non-hydrogen) atoms. The van der Waals surface area contributed by atoms with Crippen molar-refractivity contribution in [1.29, 1.82) is 0 Å². The predicted octanol–water partition coefficient (Wildman–Crippen LogP) is 3.03. The summed E-state index contributed by atoms with van der Waals surface area (Å²) in [5, 5.41) is 3.72. The summed E-state index contributed by atoms with van der Waals surface area (Å²) in [5.74, 6) is 0.906. The Morgan fingerprint density at radius 3 is 2.88 bits per heavy atom. The molecule has 0 bridgehead atoms. The van der Waals surface area contributed by atoms with Crippen molar-refractivity contribution in [3.63, 3.8) is 0 Å². The first-order valence-corrected chi connectivity index (χ1v) is 8.29. The molecule has 0 aliphatic heterocycles. The molecule has 0 atom stereocenters. The van der Waals surface area contributed by atoms with Crippen molar-refractivity contribution in [3.05, 3.63) is 34.9 Å². The number of hydrogen-bond donors (Lipinski definition) is 2. The van der Waals surface area contributed by atoms with Crippen LogP contribution in [0.15, 0.2) is 18.6 Å². The average molecular weight is 346 g/mol. The first-order valence-electron chi connectivity index (χ1n) is 7.91. The Morgan fingerprint density at radius 1 is 1.29 bits per heavy atom. The molecular weight excluding hydrogens is 326 g/mol. The second kappa shape index (κ2) is 7.00. The molecule has 0 saturated carbocycles. The van der Waals surface area contributed by atoms with E-state index in [4.69, 9.17) is 17.3 Å². The number of unbranched alkanes of at least 4 members (excludes halogenated alkanes) is 1. The molecule has 8 heteroatoms. The van der Waals surface area contributed by atoms with Gasteiger partial charge in [-0.1, -0.05) is 24.9 Å². The highest BCUT2D eigenvalue weighted by Gasteiger charge is 2.12. The molecule has 0 aliphatic rings. The zero-order chi connectivity index (χ0) is 17.1. The third kappa shape index (κ3) is 3.41. The first-order chi connectivity index (χ1) is 11.6. The summed E-state index contributed by atoms with van der Waals surface area (Å²) in [6, 6.07) is 2.01. The molecule has 0 saturated heterocycles. The molecule has 3 heterocycles. The van der Waals surface area contributed by atoms with Gasteiger partial charge < -0.3 is 15.6 Å². The molecule has 0 radical (unpaired) electrons. The molecule has 126 valence electrons. The van der Waals surface area contributed by atoms with Crippen LogP contribution in [0.5, 0.6) is 0 Å². The van der Waals surface area contributed by atoms with Crippen LogP contribution < -0.4 is 11.1 Å². The van der Waals surface area contributed by atoms with Gasteiger partial charge in [0.1, 0.15) is 10.7 Å². The van der Waals surface area contributed by atoms with Gasteiger partial charge >= 0.3 is 0 Å². The Bertz CT molecular complexity index is 859. The molecule has 3 N–H and O–H groups in total. The van der Waals surface area contributed by atoms with Gasteiger partial charge in [0, 0.05) is 12.7 Å². The quantitative estimate of drug-likeness (QED) is 0.526. The maximum absolute atomic E-state index is 6.02. The van der Waals surface area contributed by atoms with Crippen LogP contribution in [0.2, 0.25) is 5.15 Å². The topological polar surface area (TPSA) is 94.5 Å². The molecule has 3 rings (SSSR count). The number of hydrogen-bond acceptors (Lipinski definition) is 6. The SMILES string of the molecule is CCCCNc1nc(N)c2ncn(Cc3cnc(Cl)c(C)c3)c2n1. The van der Waals surface area contributed by atoms with Gasteiger partial charge in [-0.05, 0) is 30.5 Å². The average Bonchev–Trinajstić information content (AvgIpc) is 2.95. The fourth-order valence-corrected chi connectivity index (χ4v) is 2.54. The van der Waals surface area contributed by atoms with Crippen LogP contribution in [-0.4, -0.2) is 31.0 Å². The standard InChI is InChI=1S/C16H20ClN7/c1-3-4-5-19-16-22-14(18)12-15(23-16)24(9-21-12)8-11-6-10(2)13(17)20-7-11/h6-7,9H,3-5,8H2,1-2H3,(H3,18,19,22,23). The minimum absolute atomic E-state index is 0.378. The Labute approximate surface area is 145 Å². The van der Waals surface area contributed by atoms with Gasteiger partial charge in [0.15, 0.2) is 11.5 Å². The maximum atomic E-state index is 6.02. The lowest BCUT2D eigenvalue weighted by Gasteiger charge is -2.08. The highest BCUT2D eigenvalue weighted by Crippen LogP contribution is 2.20. The molecule has 7 nitrogen and oxygen atoms in total. The summed E-state index contributed by atoms with van der Waals surface area (Å²) in [4.78, 5) is 17.3.